The van der Waals surface area contributed by atoms with Gasteiger partial charge in [0.2, 0.25) is 10.0 Å². The van der Waals surface area contributed by atoms with Crippen LogP contribution in [0.1, 0.15) is 0 Å². The molecule has 1 fully saturated rings. The van der Waals surface area contributed by atoms with Crippen LogP contribution in [-0.2, 0) is 10.0 Å². The number of benzene rings is 2. The molecule has 10 heteroatoms. The van der Waals surface area contributed by atoms with E-state index in [1.807, 2.05) is 0 Å². The highest BCUT2D eigenvalue weighted by Gasteiger charge is 2.29. The molecule has 0 atom stereocenters. The predicted octanol–water partition coefficient (Wildman–Crippen LogP) is 2.63. The van der Waals surface area contributed by atoms with Gasteiger partial charge in [0.25, 0.3) is 5.69 Å². The number of rotatable bonds is 7. The minimum atomic E-state index is -3.75. The molecule has 0 radical (unpaired) electrons. The molecule has 1 saturated heterocycles. The van der Waals surface area contributed by atoms with Crippen molar-refractivity contribution in [1.82, 2.24) is 9.21 Å². The Kier molecular flexibility index (Phi) is 6.50. The smallest absolute Gasteiger partial charge is 0.270 e. The maximum atomic E-state index is 12.7. The Morgan fingerprint density at radius 2 is 1.75 bits per heavy atom. The van der Waals surface area contributed by atoms with Gasteiger partial charge in [-0.25, -0.2) is 8.42 Å². The average molecular weight is 426 g/mol. The Morgan fingerprint density at radius 3 is 2.39 bits per heavy atom. The Balaban J connectivity index is 1.52. The lowest BCUT2D eigenvalue weighted by molar-refractivity contribution is -0.385. The number of halogens is 1. The number of sulfonamides is 1. The van der Waals surface area contributed by atoms with Crippen LogP contribution in [0, 0.1) is 10.1 Å². The van der Waals surface area contributed by atoms with Gasteiger partial charge in [0.15, 0.2) is 0 Å². The second kappa shape index (κ2) is 8.87. The Hall–Kier alpha value is -2.20. The Bertz CT molecular complexity index is 928. The lowest BCUT2D eigenvalue weighted by Crippen LogP contribution is -2.49. The fourth-order valence-electron chi connectivity index (χ4n) is 2.92. The number of nitro groups is 1. The minimum absolute atomic E-state index is 0.0544. The summed E-state index contributed by atoms with van der Waals surface area (Å²) in [6.45, 7) is 2.95. The van der Waals surface area contributed by atoms with Crippen LogP contribution in [0.15, 0.2) is 53.4 Å². The Labute approximate surface area is 168 Å². The molecule has 0 aromatic heterocycles. The van der Waals surface area contributed by atoms with Crippen molar-refractivity contribution in [3.63, 3.8) is 0 Å². The summed E-state index contributed by atoms with van der Waals surface area (Å²) < 4.78 is 32.5. The second-order valence-electron chi connectivity index (χ2n) is 6.30. The molecule has 0 bridgehead atoms. The summed E-state index contributed by atoms with van der Waals surface area (Å²) in [7, 11) is -3.75. The molecule has 1 heterocycles. The highest BCUT2D eigenvalue weighted by Crippen LogP contribution is 2.22. The standard InChI is InChI=1S/C18H20ClN3O5S/c19-15-4-6-17(7-5-15)27-13-12-20-8-10-21(11-9-20)28(25,26)18-3-1-2-16(14-18)22(23)24/h1-7,14H,8-13H2. The van der Waals surface area contributed by atoms with E-state index in [4.69, 9.17) is 16.3 Å². The van der Waals surface area contributed by atoms with Crippen LogP contribution in [0.2, 0.25) is 5.02 Å². The van der Waals surface area contributed by atoms with Crippen molar-refractivity contribution < 1.29 is 18.1 Å². The van der Waals surface area contributed by atoms with Gasteiger partial charge >= 0.3 is 0 Å². The Morgan fingerprint density at radius 1 is 1.07 bits per heavy atom. The van der Waals surface area contributed by atoms with Crippen molar-refractivity contribution in [1.29, 1.82) is 0 Å². The number of ether oxygens (including phenoxy) is 1. The average Bonchev–Trinajstić information content (AvgIpc) is 2.70. The summed E-state index contributed by atoms with van der Waals surface area (Å²) in [5, 5.41) is 11.5. The van der Waals surface area contributed by atoms with E-state index in [1.165, 1.54) is 22.5 Å². The first-order chi connectivity index (χ1) is 13.4. The van der Waals surface area contributed by atoms with Gasteiger partial charge in [-0.3, -0.25) is 15.0 Å². The molecule has 0 unspecified atom stereocenters. The molecule has 0 spiro atoms. The van der Waals surface area contributed by atoms with Gasteiger partial charge in [-0.05, 0) is 30.3 Å². The van der Waals surface area contributed by atoms with E-state index in [9.17, 15) is 18.5 Å². The van der Waals surface area contributed by atoms with Crippen molar-refractivity contribution in [2.75, 3.05) is 39.3 Å². The van der Waals surface area contributed by atoms with Gasteiger partial charge < -0.3 is 4.74 Å². The summed E-state index contributed by atoms with van der Waals surface area (Å²) in [5.74, 6) is 0.733. The summed E-state index contributed by atoms with van der Waals surface area (Å²) in [5.41, 5.74) is -0.237. The summed E-state index contributed by atoms with van der Waals surface area (Å²) in [4.78, 5) is 12.4. The molecule has 0 amide bonds. The lowest BCUT2D eigenvalue weighted by Gasteiger charge is -2.33. The van der Waals surface area contributed by atoms with Crippen molar-refractivity contribution in [2.24, 2.45) is 0 Å². The van der Waals surface area contributed by atoms with E-state index in [2.05, 4.69) is 4.90 Å². The predicted molar refractivity (Wildman–Crippen MR) is 105 cm³/mol. The largest absolute Gasteiger partial charge is 0.492 e. The highest BCUT2D eigenvalue weighted by atomic mass is 35.5. The molecular weight excluding hydrogens is 406 g/mol. The second-order valence-corrected chi connectivity index (χ2v) is 8.68. The van der Waals surface area contributed by atoms with E-state index in [0.29, 0.717) is 44.4 Å². The fraction of sp³-hybridized carbons (Fsp3) is 0.333. The molecule has 1 aliphatic heterocycles. The summed E-state index contributed by atoms with van der Waals surface area (Å²) >= 11 is 5.84. The van der Waals surface area contributed by atoms with Gasteiger partial charge in [-0.2, -0.15) is 4.31 Å². The SMILES string of the molecule is O=[N+]([O-])c1cccc(S(=O)(=O)N2CCN(CCOc3ccc(Cl)cc3)CC2)c1. The van der Waals surface area contributed by atoms with Crippen molar-refractivity contribution >= 4 is 27.3 Å². The van der Waals surface area contributed by atoms with Gasteiger partial charge in [-0.15, -0.1) is 0 Å². The van der Waals surface area contributed by atoms with Crippen LogP contribution < -0.4 is 4.74 Å². The lowest BCUT2D eigenvalue weighted by atomic mass is 10.3. The molecule has 28 heavy (non-hydrogen) atoms. The topological polar surface area (TPSA) is 93.0 Å². The molecule has 0 saturated carbocycles. The molecule has 0 aliphatic carbocycles. The highest BCUT2D eigenvalue weighted by molar-refractivity contribution is 7.89. The van der Waals surface area contributed by atoms with Crippen LogP contribution in [0.5, 0.6) is 5.75 Å². The number of hydrogen-bond donors (Lipinski definition) is 0. The maximum absolute atomic E-state index is 12.7. The maximum Gasteiger partial charge on any atom is 0.270 e. The molecule has 2 aromatic carbocycles. The summed E-state index contributed by atoms with van der Waals surface area (Å²) in [6, 6.07) is 12.3. The number of nitro benzene ring substituents is 1. The van der Waals surface area contributed by atoms with Crippen molar-refractivity contribution in [2.45, 2.75) is 4.90 Å². The molecule has 1 aliphatic rings. The third-order valence-corrected chi connectivity index (χ3v) is 6.63. The van der Waals surface area contributed by atoms with E-state index in [-0.39, 0.29) is 10.6 Å². The molecular formula is C18H20ClN3O5S. The van der Waals surface area contributed by atoms with Crippen LogP contribution in [-0.4, -0.2) is 61.9 Å². The first kappa shape index (κ1) is 20.5. The molecule has 2 aromatic rings. The molecule has 150 valence electrons. The normalized spacial score (nSPS) is 16.0. The third-order valence-electron chi connectivity index (χ3n) is 4.49. The van der Waals surface area contributed by atoms with Crippen molar-refractivity contribution in [3.05, 3.63) is 63.7 Å². The summed E-state index contributed by atoms with van der Waals surface area (Å²) in [6.07, 6.45) is 0. The van der Waals surface area contributed by atoms with E-state index in [1.54, 1.807) is 24.3 Å². The van der Waals surface area contributed by atoms with E-state index < -0.39 is 14.9 Å². The van der Waals surface area contributed by atoms with E-state index >= 15 is 0 Å². The van der Waals surface area contributed by atoms with Crippen LogP contribution >= 0.6 is 11.6 Å². The van der Waals surface area contributed by atoms with Crippen LogP contribution in [0.25, 0.3) is 0 Å². The quantitative estimate of drug-likeness (QED) is 0.500. The zero-order chi connectivity index (χ0) is 20.1. The van der Waals surface area contributed by atoms with Crippen LogP contribution in [0.3, 0.4) is 0 Å². The van der Waals surface area contributed by atoms with Gasteiger partial charge in [0.1, 0.15) is 12.4 Å². The first-order valence-corrected chi connectivity index (χ1v) is 10.5. The van der Waals surface area contributed by atoms with Gasteiger partial charge in [0.05, 0.1) is 9.82 Å². The van der Waals surface area contributed by atoms with Crippen LogP contribution in [0.4, 0.5) is 5.69 Å². The number of hydrogen-bond acceptors (Lipinski definition) is 6. The van der Waals surface area contributed by atoms with Gasteiger partial charge in [-0.1, -0.05) is 17.7 Å². The molecule has 3 rings (SSSR count). The number of piperazine rings is 1. The zero-order valence-electron chi connectivity index (χ0n) is 15.0. The number of non-ortho nitro benzene ring substituents is 1. The van der Waals surface area contributed by atoms with Crippen molar-refractivity contribution in [3.8, 4) is 5.75 Å². The molecule has 0 N–H and O–H groups in total. The monoisotopic (exact) mass is 425 g/mol. The zero-order valence-corrected chi connectivity index (χ0v) is 16.6. The number of nitrogens with zero attached hydrogens (tertiary/aromatic N) is 3. The minimum Gasteiger partial charge on any atom is -0.492 e. The molecule has 8 nitrogen and oxygen atoms in total. The third kappa shape index (κ3) is 4.99. The van der Waals surface area contributed by atoms with E-state index in [0.717, 1.165) is 11.8 Å². The fourth-order valence-corrected chi connectivity index (χ4v) is 4.51. The van der Waals surface area contributed by atoms with Gasteiger partial charge in [0, 0.05) is 49.9 Å². The first-order valence-electron chi connectivity index (χ1n) is 8.71.